The lowest BCUT2D eigenvalue weighted by Crippen LogP contribution is -2.14. The van der Waals surface area contributed by atoms with E-state index in [9.17, 15) is 4.79 Å². The summed E-state index contributed by atoms with van der Waals surface area (Å²) in [6.07, 6.45) is 3.99. The van der Waals surface area contributed by atoms with Crippen LogP contribution in [0.25, 0.3) is 0 Å². The van der Waals surface area contributed by atoms with Crippen LogP contribution in [0.1, 0.15) is 40.5 Å². The molecule has 0 saturated carbocycles. The largest absolute Gasteiger partial charge is 0.358 e. The zero-order valence-corrected chi connectivity index (χ0v) is 8.89. The van der Waals surface area contributed by atoms with Crippen molar-refractivity contribution in [2.75, 3.05) is 0 Å². The molecule has 2 heteroatoms. The fourth-order valence-corrected chi connectivity index (χ4v) is 1.59. The summed E-state index contributed by atoms with van der Waals surface area (Å²) in [5.41, 5.74) is 1.15. The summed E-state index contributed by atoms with van der Waals surface area (Å²) < 4.78 is 5.37. The molecule has 13 heavy (non-hydrogen) atoms. The van der Waals surface area contributed by atoms with Gasteiger partial charge in [-0.2, -0.15) is 0 Å². The van der Waals surface area contributed by atoms with E-state index in [1.54, 1.807) is 6.92 Å². The summed E-state index contributed by atoms with van der Waals surface area (Å²) in [6, 6.07) is 0. The Morgan fingerprint density at radius 1 is 1.46 bits per heavy atom. The minimum absolute atomic E-state index is 0.141. The Morgan fingerprint density at radius 3 is 2.46 bits per heavy atom. The highest BCUT2D eigenvalue weighted by atomic mass is 16.6. The standard InChI is InChI=1S/C11H18O2/c1-8(2)6-5-7-11(4)10(13-11)9(3)12/h6,10H,5,7H2,1-4H3/t10-,11-/m0/s1. The third kappa shape index (κ3) is 2.66. The maximum Gasteiger partial charge on any atom is 0.161 e. The zero-order chi connectivity index (χ0) is 10.1. The highest BCUT2D eigenvalue weighted by Gasteiger charge is 2.54. The Hall–Kier alpha value is -0.630. The predicted molar refractivity (Wildman–Crippen MR) is 52.6 cm³/mol. The van der Waals surface area contributed by atoms with E-state index in [0.717, 1.165) is 12.8 Å². The molecule has 1 fully saturated rings. The van der Waals surface area contributed by atoms with Gasteiger partial charge in [-0.1, -0.05) is 11.6 Å². The molecule has 1 saturated heterocycles. The van der Waals surface area contributed by atoms with Crippen LogP contribution in [-0.2, 0) is 9.53 Å². The maximum absolute atomic E-state index is 11.0. The van der Waals surface area contributed by atoms with Crippen molar-refractivity contribution in [3.05, 3.63) is 11.6 Å². The number of epoxide rings is 1. The van der Waals surface area contributed by atoms with Gasteiger partial charge in [-0.3, -0.25) is 4.79 Å². The van der Waals surface area contributed by atoms with Gasteiger partial charge in [-0.05, 0) is 40.5 Å². The van der Waals surface area contributed by atoms with Gasteiger partial charge in [0.2, 0.25) is 0 Å². The topological polar surface area (TPSA) is 29.6 Å². The third-order valence-electron chi connectivity index (χ3n) is 2.45. The zero-order valence-electron chi connectivity index (χ0n) is 8.89. The van der Waals surface area contributed by atoms with Crippen molar-refractivity contribution in [3.8, 4) is 0 Å². The number of Topliss-reactive ketones (excluding diaryl/α,β-unsaturated/α-hetero) is 1. The van der Waals surface area contributed by atoms with Crippen molar-refractivity contribution in [1.29, 1.82) is 0 Å². The van der Waals surface area contributed by atoms with Gasteiger partial charge < -0.3 is 4.74 Å². The maximum atomic E-state index is 11.0. The van der Waals surface area contributed by atoms with Crippen molar-refractivity contribution >= 4 is 5.78 Å². The number of hydrogen-bond acceptors (Lipinski definition) is 2. The molecule has 1 aliphatic rings. The molecule has 0 aromatic carbocycles. The van der Waals surface area contributed by atoms with Crippen LogP contribution in [0.4, 0.5) is 0 Å². The Labute approximate surface area is 80.0 Å². The molecule has 0 aliphatic carbocycles. The van der Waals surface area contributed by atoms with Crippen LogP contribution in [0.5, 0.6) is 0 Å². The van der Waals surface area contributed by atoms with Gasteiger partial charge in [-0.15, -0.1) is 0 Å². The van der Waals surface area contributed by atoms with Crippen LogP contribution < -0.4 is 0 Å². The number of hydrogen-bond donors (Lipinski definition) is 0. The van der Waals surface area contributed by atoms with E-state index < -0.39 is 0 Å². The first-order chi connectivity index (χ1) is 5.96. The SMILES string of the molecule is CC(=O)[C@@H]1O[C@@]1(C)CCC=C(C)C. The number of allylic oxidation sites excluding steroid dienone is 2. The third-order valence-corrected chi connectivity index (χ3v) is 2.45. The highest BCUT2D eigenvalue weighted by molar-refractivity contribution is 5.84. The number of ketones is 1. The average molecular weight is 182 g/mol. The molecule has 1 aliphatic heterocycles. The molecule has 0 aromatic rings. The summed E-state index contributed by atoms with van der Waals surface area (Å²) >= 11 is 0. The van der Waals surface area contributed by atoms with Gasteiger partial charge in [0.25, 0.3) is 0 Å². The fraction of sp³-hybridized carbons (Fsp3) is 0.727. The van der Waals surface area contributed by atoms with Crippen LogP contribution >= 0.6 is 0 Å². The van der Waals surface area contributed by atoms with Crippen molar-refractivity contribution in [3.63, 3.8) is 0 Å². The van der Waals surface area contributed by atoms with Crippen molar-refractivity contribution in [2.45, 2.75) is 52.2 Å². The summed E-state index contributed by atoms with van der Waals surface area (Å²) in [4.78, 5) is 11.0. The van der Waals surface area contributed by atoms with Gasteiger partial charge in [0.15, 0.2) is 5.78 Å². The first kappa shape index (κ1) is 10.5. The smallest absolute Gasteiger partial charge is 0.161 e. The number of carbonyl (C=O) groups is 1. The second-order valence-electron chi connectivity index (χ2n) is 4.24. The van der Waals surface area contributed by atoms with Crippen LogP contribution in [0, 0.1) is 0 Å². The molecule has 0 unspecified atom stereocenters. The Balaban J connectivity index is 2.32. The molecule has 0 aromatic heterocycles. The van der Waals surface area contributed by atoms with E-state index in [4.69, 9.17) is 4.74 Å². The fourth-order valence-electron chi connectivity index (χ4n) is 1.59. The minimum atomic E-state index is -0.169. The Morgan fingerprint density at radius 2 is 2.08 bits per heavy atom. The van der Waals surface area contributed by atoms with Gasteiger partial charge >= 0.3 is 0 Å². The first-order valence-corrected chi connectivity index (χ1v) is 4.77. The predicted octanol–water partition coefficient (Wildman–Crippen LogP) is 2.48. The van der Waals surface area contributed by atoms with Gasteiger partial charge in [0.05, 0.1) is 0 Å². The average Bonchev–Trinajstić information content (AvgIpc) is 2.62. The van der Waals surface area contributed by atoms with E-state index in [-0.39, 0.29) is 17.5 Å². The molecule has 0 N–H and O–H groups in total. The van der Waals surface area contributed by atoms with E-state index >= 15 is 0 Å². The normalized spacial score (nSPS) is 31.2. The Kier molecular flexibility index (Phi) is 2.91. The van der Waals surface area contributed by atoms with Crippen molar-refractivity contribution in [2.24, 2.45) is 0 Å². The van der Waals surface area contributed by atoms with Gasteiger partial charge in [-0.25, -0.2) is 0 Å². The summed E-state index contributed by atoms with van der Waals surface area (Å²) in [7, 11) is 0. The monoisotopic (exact) mass is 182 g/mol. The van der Waals surface area contributed by atoms with Crippen molar-refractivity contribution in [1.82, 2.24) is 0 Å². The molecule has 0 radical (unpaired) electrons. The first-order valence-electron chi connectivity index (χ1n) is 4.77. The number of ether oxygens (including phenoxy) is 1. The van der Waals surface area contributed by atoms with Crippen LogP contribution in [0.2, 0.25) is 0 Å². The molecular weight excluding hydrogens is 164 g/mol. The van der Waals surface area contributed by atoms with E-state index in [1.807, 2.05) is 6.92 Å². The van der Waals surface area contributed by atoms with Gasteiger partial charge in [0, 0.05) is 0 Å². The van der Waals surface area contributed by atoms with Crippen molar-refractivity contribution < 1.29 is 9.53 Å². The van der Waals surface area contributed by atoms with Crippen LogP contribution in [-0.4, -0.2) is 17.5 Å². The molecule has 0 amide bonds. The highest BCUT2D eigenvalue weighted by Crippen LogP contribution is 2.40. The number of carbonyl (C=O) groups excluding carboxylic acids is 1. The Bertz CT molecular complexity index is 238. The lowest BCUT2D eigenvalue weighted by molar-refractivity contribution is -0.118. The molecule has 0 spiro atoms. The molecule has 0 bridgehead atoms. The van der Waals surface area contributed by atoms with Crippen LogP contribution in [0.15, 0.2) is 11.6 Å². The summed E-state index contributed by atoms with van der Waals surface area (Å²) in [5.74, 6) is 0.153. The molecule has 74 valence electrons. The molecule has 1 rings (SSSR count). The molecule has 2 nitrogen and oxygen atoms in total. The van der Waals surface area contributed by atoms with Crippen LogP contribution in [0.3, 0.4) is 0 Å². The second kappa shape index (κ2) is 3.62. The van der Waals surface area contributed by atoms with E-state index in [1.165, 1.54) is 5.57 Å². The quantitative estimate of drug-likeness (QED) is 0.494. The molecule has 2 atom stereocenters. The minimum Gasteiger partial charge on any atom is -0.358 e. The van der Waals surface area contributed by atoms with E-state index in [0.29, 0.717) is 0 Å². The lowest BCUT2D eigenvalue weighted by atomic mass is 9.99. The van der Waals surface area contributed by atoms with E-state index in [2.05, 4.69) is 19.9 Å². The summed E-state index contributed by atoms with van der Waals surface area (Å²) in [6.45, 7) is 7.77. The molecule has 1 heterocycles. The lowest BCUT2D eigenvalue weighted by Gasteiger charge is -2.02. The molecular formula is C11H18O2. The summed E-state index contributed by atoms with van der Waals surface area (Å²) in [5, 5.41) is 0. The van der Waals surface area contributed by atoms with Gasteiger partial charge in [0.1, 0.15) is 11.7 Å². The number of rotatable bonds is 4. The second-order valence-corrected chi connectivity index (χ2v) is 4.24.